The van der Waals surface area contributed by atoms with Gasteiger partial charge in [0.2, 0.25) is 0 Å². The van der Waals surface area contributed by atoms with Crippen LogP contribution in [0.5, 0.6) is 0 Å². The second-order valence-electron chi connectivity index (χ2n) is 5.92. The lowest BCUT2D eigenvalue weighted by atomic mass is 9.79. The smallest absolute Gasteiger partial charge is 0.271 e. The Labute approximate surface area is 124 Å². The van der Waals surface area contributed by atoms with Gasteiger partial charge in [-0.05, 0) is 43.6 Å². The van der Waals surface area contributed by atoms with Gasteiger partial charge < -0.3 is 5.32 Å². The van der Waals surface area contributed by atoms with Crippen molar-refractivity contribution in [2.75, 3.05) is 5.32 Å². The van der Waals surface area contributed by atoms with E-state index in [0.717, 1.165) is 30.4 Å². The second-order valence-corrected chi connectivity index (χ2v) is 6.33. The summed E-state index contributed by atoms with van der Waals surface area (Å²) < 4.78 is 0. The van der Waals surface area contributed by atoms with Crippen LogP contribution in [0.25, 0.3) is 0 Å². The van der Waals surface area contributed by atoms with Crippen LogP contribution >= 0.6 is 11.6 Å². The highest BCUT2D eigenvalue weighted by Gasteiger charge is 2.23. The van der Waals surface area contributed by atoms with Gasteiger partial charge in [-0.2, -0.15) is 0 Å². The van der Waals surface area contributed by atoms with Gasteiger partial charge in [0.05, 0.1) is 15.6 Å². The van der Waals surface area contributed by atoms with E-state index in [1.54, 1.807) is 6.07 Å². The lowest BCUT2D eigenvalue weighted by Crippen LogP contribution is -2.28. The zero-order valence-corrected chi connectivity index (χ0v) is 12.7. The molecule has 0 unspecified atom stereocenters. The number of hydrogen-bond acceptors (Lipinski definition) is 3. The Morgan fingerprint density at radius 1 is 1.30 bits per heavy atom. The molecule has 1 aromatic carbocycles. The Balaban J connectivity index is 1.96. The monoisotopic (exact) mass is 296 g/mol. The summed E-state index contributed by atoms with van der Waals surface area (Å²) in [4.78, 5) is 10.3. The van der Waals surface area contributed by atoms with Gasteiger partial charge >= 0.3 is 0 Å². The molecule has 5 heteroatoms. The number of nitro groups is 1. The molecule has 0 saturated heterocycles. The van der Waals surface area contributed by atoms with Crippen LogP contribution in [0.1, 0.15) is 39.5 Å². The fraction of sp³-hybridized carbons (Fsp3) is 0.600. The Kier molecular flexibility index (Phi) is 4.86. The highest BCUT2D eigenvalue weighted by atomic mass is 35.5. The van der Waals surface area contributed by atoms with Gasteiger partial charge in [0.1, 0.15) is 0 Å². The van der Waals surface area contributed by atoms with Crippen molar-refractivity contribution >= 4 is 23.0 Å². The van der Waals surface area contributed by atoms with Crippen LogP contribution in [0.3, 0.4) is 0 Å². The van der Waals surface area contributed by atoms with E-state index in [9.17, 15) is 10.1 Å². The number of hydrogen-bond donors (Lipinski definition) is 1. The maximum Gasteiger partial charge on any atom is 0.271 e. The third kappa shape index (κ3) is 3.63. The van der Waals surface area contributed by atoms with E-state index in [1.165, 1.54) is 25.0 Å². The predicted octanol–water partition coefficient (Wildman–Crippen LogP) is 4.87. The van der Waals surface area contributed by atoms with Crippen molar-refractivity contribution in [1.82, 2.24) is 0 Å². The number of rotatable bonds is 4. The average Bonchev–Trinajstić information content (AvgIpc) is 2.41. The Hall–Kier alpha value is -1.29. The minimum atomic E-state index is -0.427. The summed E-state index contributed by atoms with van der Waals surface area (Å²) >= 11 is 6.10. The number of anilines is 1. The molecule has 20 heavy (non-hydrogen) atoms. The molecule has 1 saturated carbocycles. The zero-order valence-electron chi connectivity index (χ0n) is 11.9. The molecule has 0 radical (unpaired) electrons. The van der Waals surface area contributed by atoms with E-state index >= 15 is 0 Å². The van der Waals surface area contributed by atoms with Crippen LogP contribution in [0.15, 0.2) is 18.2 Å². The standard InChI is InChI=1S/C15H21ClN2O2/c1-10(2)11-3-5-12(6-4-11)17-15-8-7-13(18(19)20)9-14(15)16/h7-12,17H,3-6H2,1-2H3. The largest absolute Gasteiger partial charge is 0.381 e. The molecule has 0 heterocycles. The van der Waals surface area contributed by atoms with Crippen molar-refractivity contribution in [3.63, 3.8) is 0 Å². The average molecular weight is 297 g/mol. The van der Waals surface area contributed by atoms with E-state index in [0.29, 0.717) is 11.1 Å². The van der Waals surface area contributed by atoms with Crippen molar-refractivity contribution < 1.29 is 4.92 Å². The fourth-order valence-corrected chi connectivity index (χ4v) is 3.11. The summed E-state index contributed by atoms with van der Waals surface area (Å²) in [6.07, 6.45) is 4.74. The number of halogens is 1. The highest BCUT2D eigenvalue weighted by molar-refractivity contribution is 6.33. The number of nitrogens with zero attached hydrogens (tertiary/aromatic N) is 1. The molecular formula is C15H21ClN2O2. The van der Waals surface area contributed by atoms with E-state index in [2.05, 4.69) is 19.2 Å². The van der Waals surface area contributed by atoms with Crippen LogP contribution in [-0.2, 0) is 0 Å². The summed E-state index contributed by atoms with van der Waals surface area (Å²) in [6.45, 7) is 4.57. The molecule has 1 fully saturated rings. The number of nitro benzene ring substituents is 1. The normalized spacial score (nSPS) is 22.8. The Morgan fingerprint density at radius 3 is 2.45 bits per heavy atom. The van der Waals surface area contributed by atoms with E-state index in [4.69, 9.17) is 11.6 Å². The molecule has 1 aliphatic rings. The second kappa shape index (κ2) is 6.44. The first-order valence-electron chi connectivity index (χ1n) is 7.18. The van der Waals surface area contributed by atoms with E-state index < -0.39 is 4.92 Å². The number of non-ortho nitro benzene ring substituents is 1. The van der Waals surface area contributed by atoms with Gasteiger partial charge in [0, 0.05) is 18.2 Å². The summed E-state index contributed by atoms with van der Waals surface area (Å²) in [5.74, 6) is 1.57. The van der Waals surface area contributed by atoms with Crippen LogP contribution in [0, 0.1) is 22.0 Å². The molecule has 0 aliphatic heterocycles. The first kappa shape index (κ1) is 15.1. The van der Waals surface area contributed by atoms with Gasteiger partial charge in [-0.15, -0.1) is 0 Å². The van der Waals surface area contributed by atoms with Crippen LogP contribution in [0.4, 0.5) is 11.4 Å². The first-order valence-corrected chi connectivity index (χ1v) is 7.55. The molecule has 0 atom stereocenters. The van der Waals surface area contributed by atoms with Crippen molar-refractivity contribution in [1.29, 1.82) is 0 Å². The van der Waals surface area contributed by atoms with Gasteiger partial charge in [-0.1, -0.05) is 25.4 Å². The molecule has 0 aromatic heterocycles. The summed E-state index contributed by atoms with van der Waals surface area (Å²) in [5.41, 5.74) is 0.828. The van der Waals surface area contributed by atoms with Crippen molar-refractivity contribution in [2.24, 2.45) is 11.8 Å². The molecule has 2 rings (SSSR count). The lowest BCUT2D eigenvalue weighted by molar-refractivity contribution is -0.384. The molecular weight excluding hydrogens is 276 g/mol. The quantitative estimate of drug-likeness (QED) is 0.636. The Bertz CT molecular complexity index is 483. The van der Waals surface area contributed by atoms with Gasteiger partial charge in [0.15, 0.2) is 0 Å². The molecule has 0 amide bonds. The summed E-state index contributed by atoms with van der Waals surface area (Å²) in [6, 6.07) is 5.02. The van der Waals surface area contributed by atoms with Crippen LogP contribution in [-0.4, -0.2) is 11.0 Å². The van der Waals surface area contributed by atoms with E-state index in [-0.39, 0.29) is 5.69 Å². The van der Waals surface area contributed by atoms with E-state index in [1.807, 2.05) is 0 Å². The van der Waals surface area contributed by atoms with Gasteiger partial charge in [0.25, 0.3) is 5.69 Å². The lowest BCUT2D eigenvalue weighted by Gasteiger charge is -2.32. The van der Waals surface area contributed by atoms with Crippen molar-refractivity contribution in [3.05, 3.63) is 33.3 Å². The molecule has 0 bridgehead atoms. The maximum absolute atomic E-state index is 10.7. The SMILES string of the molecule is CC(C)C1CCC(Nc2ccc([N+](=O)[O-])cc2Cl)CC1. The van der Waals surface area contributed by atoms with Crippen LogP contribution < -0.4 is 5.32 Å². The zero-order chi connectivity index (χ0) is 14.7. The first-order chi connectivity index (χ1) is 9.47. The minimum Gasteiger partial charge on any atom is -0.381 e. The highest BCUT2D eigenvalue weighted by Crippen LogP contribution is 2.33. The molecule has 1 aliphatic carbocycles. The van der Waals surface area contributed by atoms with Gasteiger partial charge in [-0.25, -0.2) is 0 Å². The maximum atomic E-state index is 10.7. The number of benzene rings is 1. The topological polar surface area (TPSA) is 55.2 Å². The number of nitrogens with one attached hydrogen (secondary N) is 1. The Morgan fingerprint density at radius 2 is 1.95 bits per heavy atom. The third-order valence-electron chi connectivity index (χ3n) is 4.24. The van der Waals surface area contributed by atoms with Crippen LogP contribution in [0.2, 0.25) is 5.02 Å². The summed E-state index contributed by atoms with van der Waals surface area (Å²) in [5, 5.41) is 14.5. The van der Waals surface area contributed by atoms with Gasteiger partial charge in [-0.3, -0.25) is 10.1 Å². The molecule has 4 nitrogen and oxygen atoms in total. The van der Waals surface area contributed by atoms with Crippen molar-refractivity contribution in [2.45, 2.75) is 45.6 Å². The fourth-order valence-electron chi connectivity index (χ4n) is 2.88. The minimum absolute atomic E-state index is 0.0315. The molecule has 1 aromatic rings. The molecule has 0 spiro atoms. The van der Waals surface area contributed by atoms with Crippen molar-refractivity contribution in [3.8, 4) is 0 Å². The predicted molar refractivity (Wildman–Crippen MR) is 82.3 cm³/mol. The molecule has 1 N–H and O–H groups in total. The molecule has 110 valence electrons. The summed E-state index contributed by atoms with van der Waals surface area (Å²) in [7, 11) is 0. The third-order valence-corrected chi connectivity index (χ3v) is 4.55.